The summed E-state index contributed by atoms with van der Waals surface area (Å²) in [5.74, 6) is 1.47. The van der Waals surface area contributed by atoms with Gasteiger partial charge in [-0.15, -0.1) is 0 Å². The number of thioether (sulfide) groups is 1. The Hall–Kier alpha value is -3.04. The van der Waals surface area contributed by atoms with Crippen LogP contribution in [0.1, 0.15) is 18.4 Å². The molecule has 1 heterocycles. The normalized spacial score (nSPS) is 14.6. The average molecular weight is 473 g/mol. The molecule has 1 saturated heterocycles. The topological polar surface area (TPSA) is 77.1 Å². The maximum atomic E-state index is 12.8. The van der Waals surface area contributed by atoms with Crippen LogP contribution in [0.25, 0.3) is 6.08 Å². The lowest BCUT2D eigenvalue weighted by Crippen LogP contribution is -2.29. The highest BCUT2D eigenvalue weighted by Crippen LogP contribution is 2.34. The van der Waals surface area contributed by atoms with Gasteiger partial charge >= 0.3 is 0 Å². The number of methoxy groups -OCH3 is 3. The van der Waals surface area contributed by atoms with Crippen LogP contribution in [-0.2, 0) is 9.59 Å². The highest BCUT2D eigenvalue weighted by atomic mass is 32.2. The molecule has 32 heavy (non-hydrogen) atoms. The van der Waals surface area contributed by atoms with Crippen molar-refractivity contribution >= 4 is 51.9 Å². The molecule has 0 bridgehead atoms. The van der Waals surface area contributed by atoms with E-state index in [2.05, 4.69) is 5.32 Å². The number of carbonyl (C=O) groups excluding carboxylic acids is 2. The van der Waals surface area contributed by atoms with E-state index in [0.717, 1.165) is 5.56 Å². The number of carbonyl (C=O) groups is 2. The lowest BCUT2D eigenvalue weighted by atomic mass is 10.2. The summed E-state index contributed by atoms with van der Waals surface area (Å²) in [6.45, 7) is 0.368. The lowest BCUT2D eigenvalue weighted by Gasteiger charge is -2.14. The van der Waals surface area contributed by atoms with E-state index in [1.54, 1.807) is 51.7 Å². The summed E-state index contributed by atoms with van der Waals surface area (Å²) in [5.41, 5.74) is 1.42. The molecule has 7 nitrogen and oxygen atoms in total. The molecule has 0 radical (unpaired) electrons. The highest BCUT2D eigenvalue weighted by molar-refractivity contribution is 8.26. The second-order valence-electron chi connectivity index (χ2n) is 6.80. The molecule has 9 heteroatoms. The van der Waals surface area contributed by atoms with Crippen LogP contribution < -0.4 is 19.5 Å². The van der Waals surface area contributed by atoms with E-state index < -0.39 is 0 Å². The predicted molar refractivity (Wildman–Crippen MR) is 130 cm³/mol. The molecule has 1 fully saturated rings. The third-order valence-corrected chi connectivity index (χ3v) is 6.12. The molecule has 2 aromatic carbocycles. The summed E-state index contributed by atoms with van der Waals surface area (Å²) < 4.78 is 16.3. The number of hydrogen-bond acceptors (Lipinski definition) is 7. The van der Waals surface area contributed by atoms with E-state index in [1.807, 2.05) is 18.2 Å². The summed E-state index contributed by atoms with van der Waals surface area (Å²) in [5, 5.41) is 2.83. The maximum Gasteiger partial charge on any atom is 0.266 e. The van der Waals surface area contributed by atoms with E-state index in [4.69, 9.17) is 26.4 Å². The van der Waals surface area contributed by atoms with Gasteiger partial charge in [0, 0.05) is 13.0 Å². The Morgan fingerprint density at radius 3 is 2.50 bits per heavy atom. The van der Waals surface area contributed by atoms with Gasteiger partial charge in [0.2, 0.25) is 5.91 Å². The van der Waals surface area contributed by atoms with Gasteiger partial charge in [0.25, 0.3) is 5.91 Å². The van der Waals surface area contributed by atoms with Crippen molar-refractivity contribution in [2.45, 2.75) is 12.8 Å². The average Bonchev–Trinajstić information content (AvgIpc) is 3.06. The molecule has 0 aromatic heterocycles. The first kappa shape index (κ1) is 23.6. The Morgan fingerprint density at radius 1 is 1.06 bits per heavy atom. The Bertz CT molecular complexity index is 1050. The fraction of sp³-hybridized carbons (Fsp3) is 0.261. The molecule has 168 valence electrons. The van der Waals surface area contributed by atoms with E-state index in [1.165, 1.54) is 16.7 Å². The van der Waals surface area contributed by atoms with Crippen molar-refractivity contribution in [1.29, 1.82) is 0 Å². The van der Waals surface area contributed by atoms with E-state index in [9.17, 15) is 9.59 Å². The highest BCUT2D eigenvalue weighted by Gasteiger charge is 2.31. The van der Waals surface area contributed by atoms with Gasteiger partial charge in [-0.1, -0.05) is 42.2 Å². The first-order chi connectivity index (χ1) is 15.5. The van der Waals surface area contributed by atoms with Gasteiger partial charge in [0.1, 0.15) is 10.1 Å². The van der Waals surface area contributed by atoms with Crippen LogP contribution >= 0.6 is 24.0 Å². The molecule has 1 N–H and O–H groups in total. The van der Waals surface area contributed by atoms with Crippen LogP contribution in [0, 0.1) is 0 Å². The van der Waals surface area contributed by atoms with Gasteiger partial charge in [-0.05, 0) is 42.3 Å². The van der Waals surface area contributed by atoms with Crippen LogP contribution in [0.4, 0.5) is 5.69 Å². The number of benzene rings is 2. The largest absolute Gasteiger partial charge is 0.495 e. The van der Waals surface area contributed by atoms with E-state index in [-0.39, 0.29) is 18.2 Å². The van der Waals surface area contributed by atoms with Gasteiger partial charge in [0.05, 0.1) is 31.9 Å². The maximum absolute atomic E-state index is 12.8. The number of anilines is 1. The number of nitrogens with one attached hydrogen (secondary N) is 1. The van der Waals surface area contributed by atoms with Crippen molar-refractivity contribution in [1.82, 2.24) is 4.90 Å². The Labute approximate surface area is 196 Å². The van der Waals surface area contributed by atoms with Gasteiger partial charge in [-0.25, -0.2) is 0 Å². The smallest absolute Gasteiger partial charge is 0.266 e. The number of nitrogens with zero attached hydrogens (tertiary/aromatic N) is 1. The fourth-order valence-electron chi connectivity index (χ4n) is 3.15. The van der Waals surface area contributed by atoms with Crippen molar-refractivity contribution in [2.75, 3.05) is 33.2 Å². The minimum absolute atomic E-state index is 0.152. The minimum Gasteiger partial charge on any atom is -0.495 e. The lowest BCUT2D eigenvalue weighted by molar-refractivity contribution is -0.122. The number of hydrogen-bond donors (Lipinski definition) is 1. The third-order valence-electron chi connectivity index (χ3n) is 4.75. The van der Waals surface area contributed by atoms with Crippen molar-refractivity contribution < 1.29 is 23.8 Å². The standard InChI is InChI=1S/C23H24N2O5S2/c1-28-17-8-5-4-7-16(17)24-21(26)9-6-12-25-22(27)20(32-23(25)31)14-15-10-11-18(29-2)19(13-15)30-3/h4-5,7-8,10-11,13-14H,6,9,12H2,1-3H3,(H,24,26)/b20-14-. The fourth-order valence-corrected chi connectivity index (χ4v) is 4.45. The molecule has 1 aliphatic rings. The summed E-state index contributed by atoms with van der Waals surface area (Å²) >= 11 is 6.63. The SMILES string of the molecule is COc1ccccc1NC(=O)CCCN1C(=O)/C(=C/c2ccc(OC)c(OC)c2)SC1=S. The van der Waals surface area contributed by atoms with Crippen LogP contribution in [0.2, 0.25) is 0 Å². The Morgan fingerprint density at radius 2 is 1.78 bits per heavy atom. The number of amides is 2. The first-order valence-corrected chi connectivity index (χ1v) is 11.1. The van der Waals surface area contributed by atoms with Crippen molar-refractivity contribution in [3.63, 3.8) is 0 Å². The molecule has 0 spiro atoms. The molecule has 0 unspecified atom stereocenters. The number of thiocarbonyl (C=S) groups is 1. The van der Waals surface area contributed by atoms with Crippen LogP contribution in [0.3, 0.4) is 0 Å². The second kappa shape index (κ2) is 11.0. The first-order valence-electron chi connectivity index (χ1n) is 9.87. The summed E-state index contributed by atoms with van der Waals surface area (Å²) in [6, 6.07) is 12.6. The van der Waals surface area contributed by atoms with Crippen LogP contribution in [-0.4, -0.2) is 48.9 Å². The van der Waals surface area contributed by atoms with Gasteiger partial charge in [-0.3, -0.25) is 14.5 Å². The predicted octanol–water partition coefficient (Wildman–Crippen LogP) is 4.33. The summed E-state index contributed by atoms with van der Waals surface area (Å²) in [7, 11) is 4.68. The number of para-hydroxylation sites is 2. The third kappa shape index (κ3) is 5.60. The molecule has 1 aliphatic heterocycles. The summed E-state index contributed by atoms with van der Waals surface area (Å²) in [6.07, 6.45) is 2.51. The molecule has 0 atom stereocenters. The Balaban J connectivity index is 1.58. The van der Waals surface area contributed by atoms with E-state index >= 15 is 0 Å². The molecule has 2 amide bonds. The van der Waals surface area contributed by atoms with Gasteiger partial charge < -0.3 is 19.5 Å². The number of rotatable bonds is 9. The van der Waals surface area contributed by atoms with Crippen LogP contribution in [0.5, 0.6) is 17.2 Å². The zero-order valence-electron chi connectivity index (χ0n) is 18.0. The zero-order valence-corrected chi connectivity index (χ0v) is 19.7. The van der Waals surface area contributed by atoms with Crippen LogP contribution in [0.15, 0.2) is 47.4 Å². The van der Waals surface area contributed by atoms with Crippen molar-refractivity contribution in [2.24, 2.45) is 0 Å². The Kier molecular flexibility index (Phi) is 8.13. The molecular formula is C23H24N2O5S2. The monoisotopic (exact) mass is 472 g/mol. The molecular weight excluding hydrogens is 448 g/mol. The minimum atomic E-state index is -0.167. The van der Waals surface area contributed by atoms with Crippen molar-refractivity contribution in [3.8, 4) is 17.2 Å². The van der Waals surface area contributed by atoms with E-state index in [0.29, 0.717) is 45.1 Å². The molecule has 2 aromatic rings. The quantitative estimate of drug-likeness (QED) is 0.430. The molecule has 0 saturated carbocycles. The van der Waals surface area contributed by atoms with Gasteiger partial charge in [0.15, 0.2) is 11.5 Å². The second-order valence-corrected chi connectivity index (χ2v) is 8.48. The van der Waals surface area contributed by atoms with Gasteiger partial charge in [-0.2, -0.15) is 0 Å². The molecule has 3 rings (SSSR count). The zero-order chi connectivity index (χ0) is 23.1. The van der Waals surface area contributed by atoms with Crippen molar-refractivity contribution in [3.05, 3.63) is 52.9 Å². The summed E-state index contributed by atoms with van der Waals surface area (Å²) in [4.78, 5) is 27.2. The molecule has 0 aliphatic carbocycles. The number of ether oxygens (including phenoxy) is 3.